The number of ether oxygens (including phenoxy) is 1. The topological polar surface area (TPSA) is 177 Å². The minimum Gasteiger partial charge on any atom is -0.508 e. The van der Waals surface area contributed by atoms with Gasteiger partial charge >= 0.3 is 5.97 Å². The minimum atomic E-state index is -1.16. The van der Waals surface area contributed by atoms with E-state index in [2.05, 4.69) is 16.8 Å². The number of cyclic esters (lactones) is 1. The average Bonchev–Trinajstić information content (AvgIpc) is 3.82. The summed E-state index contributed by atoms with van der Waals surface area (Å²) in [4.78, 5) is 73.1. The molecular formula is C46H58ClN7O7. The monoisotopic (exact) mass is 855 g/mol. The summed E-state index contributed by atoms with van der Waals surface area (Å²) in [5.41, 5.74) is 4.83. The number of piperidine rings is 1. The van der Waals surface area contributed by atoms with Crippen molar-refractivity contribution >= 4 is 52.1 Å². The van der Waals surface area contributed by atoms with Crippen LogP contribution in [0.5, 0.6) is 5.75 Å². The number of rotatable bonds is 6. The van der Waals surface area contributed by atoms with Gasteiger partial charge in [0.25, 0.3) is 5.91 Å². The van der Waals surface area contributed by atoms with Crippen LogP contribution in [0, 0.1) is 28.1 Å². The Bertz CT molecular complexity index is 2280. The fourth-order valence-corrected chi connectivity index (χ4v) is 9.91. The van der Waals surface area contributed by atoms with Crippen LogP contribution in [0.1, 0.15) is 84.8 Å². The van der Waals surface area contributed by atoms with Gasteiger partial charge in [-0.3, -0.25) is 29.0 Å². The summed E-state index contributed by atoms with van der Waals surface area (Å²) in [5, 5.41) is 26.6. The van der Waals surface area contributed by atoms with Crippen molar-refractivity contribution < 1.29 is 33.8 Å². The summed E-state index contributed by atoms with van der Waals surface area (Å²) >= 11 is 5.87. The Kier molecular flexibility index (Phi) is 12.2. The SMILES string of the molecule is CC(C)[C@@H](C(=O)N[C@@H]1Cc2cc(O)cc(c2)-c2ccc3c(c2)c(cn3C(C)(C)C#N)CC(C)(C)COC(=O)C2CCCN(N2)C1=O)N1CCCC2(CCN(C(=O)CCl)C2)C1=O. The molecule has 3 aromatic rings. The van der Waals surface area contributed by atoms with Crippen molar-refractivity contribution in [1.29, 1.82) is 5.26 Å². The third kappa shape index (κ3) is 8.82. The number of phenols is 1. The van der Waals surface area contributed by atoms with Crippen LogP contribution < -0.4 is 10.7 Å². The molecule has 15 heteroatoms. The highest BCUT2D eigenvalue weighted by molar-refractivity contribution is 6.27. The van der Waals surface area contributed by atoms with Crippen LogP contribution in [-0.4, -0.2) is 111 Å². The van der Waals surface area contributed by atoms with Crippen LogP contribution in [0.3, 0.4) is 0 Å². The summed E-state index contributed by atoms with van der Waals surface area (Å²) in [6, 6.07) is 10.6. The third-order valence-electron chi connectivity index (χ3n) is 13.0. The molecule has 6 bridgehead atoms. The molecule has 3 fully saturated rings. The van der Waals surface area contributed by atoms with E-state index in [1.807, 2.05) is 76.6 Å². The Morgan fingerprint density at radius 2 is 1.84 bits per heavy atom. The quantitative estimate of drug-likeness (QED) is 0.227. The number of hydrogen-bond donors (Lipinski definition) is 3. The van der Waals surface area contributed by atoms with Crippen molar-refractivity contribution in [2.24, 2.45) is 16.7 Å². The molecule has 3 saturated heterocycles. The first-order chi connectivity index (χ1) is 28.8. The van der Waals surface area contributed by atoms with Crippen LogP contribution in [0.4, 0.5) is 0 Å². The molecule has 1 aromatic heterocycles. The lowest BCUT2D eigenvalue weighted by molar-refractivity contribution is -0.156. The number of phenolic OH excluding ortho intramolecular Hbond substituents is 1. The number of hydrazine groups is 1. The van der Waals surface area contributed by atoms with Crippen molar-refractivity contribution in [3.8, 4) is 22.9 Å². The summed E-state index contributed by atoms with van der Waals surface area (Å²) in [5.74, 6) is -2.38. The number of amides is 4. The lowest BCUT2D eigenvalue weighted by Crippen LogP contribution is -2.63. The maximum Gasteiger partial charge on any atom is 0.324 e. The van der Waals surface area contributed by atoms with Gasteiger partial charge in [-0.2, -0.15) is 5.26 Å². The van der Waals surface area contributed by atoms with Gasteiger partial charge < -0.3 is 29.5 Å². The molecule has 4 aliphatic rings. The molecule has 7 rings (SSSR count). The lowest BCUT2D eigenvalue weighted by atomic mass is 9.77. The first-order valence-electron chi connectivity index (χ1n) is 21.4. The van der Waals surface area contributed by atoms with E-state index in [4.69, 9.17) is 16.3 Å². The molecule has 4 aliphatic heterocycles. The van der Waals surface area contributed by atoms with Gasteiger partial charge in [-0.1, -0.05) is 39.8 Å². The van der Waals surface area contributed by atoms with E-state index in [1.54, 1.807) is 21.9 Å². The number of halogens is 1. The maximum absolute atomic E-state index is 14.7. The smallest absolute Gasteiger partial charge is 0.324 e. The van der Waals surface area contributed by atoms with Crippen molar-refractivity contribution in [3.63, 3.8) is 0 Å². The van der Waals surface area contributed by atoms with Crippen LogP contribution in [-0.2, 0) is 47.1 Å². The minimum absolute atomic E-state index is 0.00805. The van der Waals surface area contributed by atoms with Crippen LogP contribution >= 0.6 is 11.6 Å². The Morgan fingerprint density at radius 1 is 1.07 bits per heavy atom. The van der Waals surface area contributed by atoms with Crippen LogP contribution in [0.25, 0.3) is 22.0 Å². The molecule has 2 aromatic carbocycles. The van der Waals surface area contributed by atoms with E-state index in [0.717, 1.165) is 22.0 Å². The van der Waals surface area contributed by atoms with Crippen LogP contribution in [0.15, 0.2) is 42.6 Å². The normalized spacial score (nSPS) is 24.1. The van der Waals surface area contributed by atoms with Gasteiger partial charge in [0.2, 0.25) is 17.7 Å². The molecule has 14 nitrogen and oxygen atoms in total. The molecule has 326 valence electrons. The van der Waals surface area contributed by atoms with Gasteiger partial charge in [-0.15, -0.1) is 11.6 Å². The van der Waals surface area contributed by atoms with Crippen molar-refractivity contribution in [2.45, 2.75) is 110 Å². The predicted molar refractivity (Wildman–Crippen MR) is 230 cm³/mol. The number of esters is 1. The van der Waals surface area contributed by atoms with Gasteiger partial charge in [0.15, 0.2) is 0 Å². The molecule has 0 aliphatic carbocycles. The lowest BCUT2D eigenvalue weighted by Gasteiger charge is -2.44. The molecule has 0 radical (unpaired) electrons. The van der Waals surface area contributed by atoms with E-state index in [0.29, 0.717) is 62.7 Å². The first kappa shape index (κ1) is 43.9. The average molecular weight is 856 g/mol. The Hall–Kier alpha value is -5.13. The molecule has 4 atom stereocenters. The number of likely N-dealkylation sites (tertiary alicyclic amines) is 2. The Labute approximate surface area is 362 Å². The number of nitriles is 1. The number of benzene rings is 2. The zero-order valence-electron chi connectivity index (χ0n) is 36.1. The van der Waals surface area contributed by atoms with Crippen LogP contribution in [0.2, 0.25) is 0 Å². The largest absolute Gasteiger partial charge is 0.508 e. The van der Waals surface area contributed by atoms with E-state index >= 15 is 0 Å². The number of aromatic nitrogens is 1. The summed E-state index contributed by atoms with van der Waals surface area (Å²) < 4.78 is 7.91. The molecule has 4 amide bonds. The number of alkyl halides is 1. The van der Waals surface area contributed by atoms with Gasteiger partial charge in [0.05, 0.1) is 18.1 Å². The molecule has 61 heavy (non-hydrogen) atoms. The highest BCUT2D eigenvalue weighted by atomic mass is 35.5. The summed E-state index contributed by atoms with van der Waals surface area (Å²) in [6.45, 7) is 12.9. The van der Waals surface area contributed by atoms with Gasteiger partial charge in [0.1, 0.15) is 35.3 Å². The molecule has 3 N–H and O–H groups in total. The first-order valence-corrected chi connectivity index (χ1v) is 22.0. The summed E-state index contributed by atoms with van der Waals surface area (Å²) in [7, 11) is 0. The third-order valence-corrected chi connectivity index (χ3v) is 13.2. The van der Waals surface area contributed by atoms with E-state index in [-0.39, 0.29) is 55.5 Å². The number of carbonyl (C=O) groups is 5. The number of nitrogens with zero attached hydrogens (tertiary/aromatic N) is 5. The molecular weight excluding hydrogens is 798 g/mol. The highest BCUT2D eigenvalue weighted by Gasteiger charge is 2.52. The van der Waals surface area contributed by atoms with Crippen molar-refractivity contribution in [1.82, 2.24) is 30.1 Å². The fourth-order valence-electron chi connectivity index (χ4n) is 9.74. The van der Waals surface area contributed by atoms with E-state index in [1.165, 1.54) is 5.01 Å². The Morgan fingerprint density at radius 3 is 2.56 bits per heavy atom. The fraction of sp³-hybridized carbons (Fsp3) is 0.565. The van der Waals surface area contributed by atoms with Gasteiger partial charge in [-0.25, -0.2) is 5.43 Å². The number of nitrogens with one attached hydrogen (secondary N) is 2. The molecule has 1 spiro atoms. The second-order valence-electron chi connectivity index (χ2n) is 19.1. The van der Waals surface area contributed by atoms with Gasteiger partial charge in [-0.05, 0) is 105 Å². The molecule has 0 saturated carbocycles. The predicted octanol–water partition coefficient (Wildman–Crippen LogP) is 5.03. The highest BCUT2D eigenvalue weighted by Crippen LogP contribution is 2.42. The second kappa shape index (κ2) is 17.0. The zero-order valence-corrected chi connectivity index (χ0v) is 36.8. The van der Waals surface area contributed by atoms with E-state index in [9.17, 15) is 34.3 Å². The molecule has 2 unspecified atom stereocenters. The number of fused-ring (bicyclic) bond motifs is 6. The van der Waals surface area contributed by atoms with Crippen molar-refractivity contribution in [3.05, 3.63) is 53.7 Å². The number of aromatic hydroxyl groups is 1. The van der Waals surface area contributed by atoms with Crippen molar-refractivity contribution in [2.75, 3.05) is 38.7 Å². The second-order valence-corrected chi connectivity index (χ2v) is 19.4. The maximum atomic E-state index is 14.7. The number of hydrogen-bond acceptors (Lipinski definition) is 9. The standard InChI is InChI=1S/C46H58ClN7O7/c1-28(2)39(52-14-8-12-46(43(52)60)13-16-51(26-46)38(56)23-47)40(57)49-36-19-29-17-31(20-33(55)18-29)30-10-11-37-34(21-30)32(24-53(37)45(5,6)25-48)22-44(3,4)27-61-42(59)35-9-7-15-54(50-35)41(36)58/h10-11,17-18,20-21,24,28,35-36,39,50,55H,7-9,12-16,19,22-23,26-27H2,1-6H3,(H,49,57)/t35?,36-,39+,46?/m1/s1. The summed E-state index contributed by atoms with van der Waals surface area (Å²) in [6.07, 6.45) is 5.22. The van der Waals surface area contributed by atoms with E-state index < -0.39 is 52.3 Å². The molecule has 5 heterocycles. The Balaban J connectivity index is 1.26. The van der Waals surface area contributed by atoms with Gasteiger partial charge in [0, 0.05) is 55.1 Å². The number of carbonyl (C=O) groups excluding carboxylic acids is 5. The zero-order chi connectivity index (χ0) is 44.0.